The Morgan fingerprint density at radius 2 is 2.04 bits per heavy atom. The molecule has 0 bridgehead atoms. The lowest BCUT2D eigenvalue weighted by Crippen LogP contribution is -2.43. The third kappa shape index (κ3) is 3.02. The van der Waals surface area contributed by atoms with Crippen molar-refractivity contribution in [3.05, 3.63) is 59.9 Å². The summed E-state index contributed by atoms with van der Waals surface area (Å²) in [5.74, 6) is -0.0289. The van der Waals surface area contributed by atoms with Crippen LogP contribution in [0.1, 0.15) is 16.8 Å². The molecule has 2 saturated heterocycles. The molecule has 136 valence electrons. The van der Waals surface area contributed by atoms with E-state index in [1.54, 1.807) is 18.2 Å². The van der Waals surface area contributed by atoms with Crippen LogP contribution in [0.3, 0.4) is 0 Å². The Hall–Kier alpha value is -2.24. The van der Waals surface area contributed by atoms with Crippen molar-refractivity contribution in [3.8, 4) is 11.1 Å². The first-order valence-electron chi connectivity index (χ1n) is 8.95. The molecule has 0 aromatic heterocycles. The number of carbonyl (C=O) groups is 1. The lowest BCUT2D eigenvalue weighted by molar-refractivity contribution is -0.0556. The monoisotopic (exact) mass is 355 g/mol. The van der Waals surface area contributed by atoms with Crippen LogP contribution in [-0.4, -0.2) is 48.8 Å². The molecule has 0 saturated carbocycles. The van der Waals surface area contributed by atoms with Gasteiger partial charge in [0, 0.05) is 30.7 Å². The maximum Gasteiger partial charge on any atom is 0.253 e. The molecule has 4 rings (SSSR count). The third-order valence-corrected chi connectivity index (χ3v) is 5.70. The van der Waals surface area contributed by atoms with Gasteiger partial charge in [-0.25, -0.2) is 4.39 Å². The molecule has 2 atom stereocenters. The van der Waals surface area contributed by atoms with Crippen LogP contribution in [0.25, 0.3) is 11.1 Å². The fourth-order valence-electron chi connectivity index (χ4n) is 4.13. The second kappa shape index (κ2) is 6.82. The van der Waals surface area contributed by atoms with Gasteiger partial charge in [0.15, 0.2) is 0 Å². The van der Waals surface area contributed by atoms with Crippen LogP contribution in [0, 0.1) is 17.2 Å². The number of nitrogens with zero attached hydrogens (tertiary/aromatic N) is 1. The smallest absolute Gasteiger partial charge is 0.253 e. The number of rotatable bonds is 3. The van der Waals surface area contributed by atoms with E-state index in [-0.39, 0.29) is 29.7 Å². The summed E-state index contributed by atoms with van der Waals surface area (Å²) in [6.45, 7) is 2.41. The standard InChI is InChI=1S/C21H22FNO3/c22-19-6-4-15(5-7-19)16-2-1-3-17(10-16)20(25)23-11-18-8-9-26-14-21(18,12-23)13-24/h1-7,10,18,24H,8-9,11-14H2/t18-,21+/m0/s1. The molecule has 2 heterocycles. The fraction of sp³-hybridized carbons (Fsp3) is 0.381. The van der Waals surface area contributed by atoms with Gasteiger partial charge >= 0.3 is 0 Å². The second-order valence-corrected chi connectivity index (χ2v) is 7.33. The maximum atomic E-state index is 13.1. The Morgan fingerprint density at radius 1 is 1.23 bits per heavy atom. The normalized spacial score (nSPS) is 25.2. The number of ether oxygens (including phenoxy) is 1. The van der Waals surface area contributed by atoms with Gasteiger partial charge in [0.1, 0.15) is 5.82 Å². The molecular weight excluding hydrogens is 333 g/mol. The highest BCUT2D eigenvalue weighted by molar-refractivity contribution is 5.95. The molecule has 2 aromatic rings. The molecule has 0 unspecified atom stereocenters. The average Bonchev–Trinajstić information content (AvgIpc) is 3.08. The van der Waals surface area contributed by atoms with Crippen molar-refractivity contribution < 1.29 is 19.0 Å². The minimum absolute atomic E-state index is 0.0313. The number of carbonyl (C=O) groups excluding carboxylic acids is 1. The maximum absolute atomic E-state index is 13.1. The molecule has 2 aliphatic heterocycles. The van der Waals surface area contributed by atoms with Gasteiger partial charge in [0.25, 0.3) is 5.91 Å². The molecule has 26 heavy (non-hydrogen) atoms. The van der Waals surface area contributed by atoms with Crippen molar-refractivity contribution in [2.45, 2.75) is 6.42 Å². The van der Waals surface area contributed by atoms with Gasteiger partial charge in [0.2, 0.25) is 0 Å². The SMILES string of the molecule is O=C(c1cccc(-c2ccc(F)cc2)c1)N1C[C@@H]2CCOC[C@]2(CO)C1. The van der Waals surface area contributed by atoms with E-state index >= 15 is 0 Å². The van der Waals surface area contributed by atoms with Crippen molar-refractivity contribution in [2.75, 3.05) is 32.9 Å². The largest absolute Gasteiger partial charge is 0.396 e. The van der Waals surface area contributed by atoms with Crippen LogP contribution in [0.2, 0.25) is 0 Å². The van der Waals surface area contributed by atoms with Gasteiger partial charge < -0.3 is 14.7 Å². The summed E-state index contributed by atoms with van der Waals surface area (Å²) in [4.78, 5) is 14.9. The number of aliphatic hydroxyl groups is 1. The van der Waals surface area contributed by atoms with Gasteiger partial charge in [-0.15, -0.1) is 0 Å². The molecule has 0 aliphatic carbocycles. The molecule has 2 aromatic carbocycles. The Morgan fingerprint density at radius 3 is 2.77 bits per heavy atom. The van der Waals surface area contributed by atoms with Gasteiger partial charge in [-0.3, -0.25) is 4.79 Å². The molecule has 1 N–H and O–H groups in total. The Bertz CT molecular complexity index is 807. The number of hydrogen-bond acceptors (Lipinski definition) is 3. The number of amides is 1. The lowest BCUT2D eigenvalue weighted by Gasteiger charge is -2.36. The van der Waals surface area contributed by atoms with E-state index in [9.17, 15) is 14.3 Å². The van der Waals surface area contributed by atoms with E-state index in [4.69, 9.17) is 4.74 Å². The van der Waals surface area contributed by atoms with Crippen LogP contribution >= 0.6 is 0 Å². The fourth-order valence-corrected chi connectivity index (χ4v) is 4.13. The number of hydrogen-bond donors (Lipinski definition) is 1. The highest BCUT2D eigenvalue weighted by Crippen LogP contribution is 2.41. The number of fused-ring (bicyclic) bond motifs is 1. The topological polar surface area (TPSA) is 49.8 Å². The second-order valence-electron chi connectivity index (χ2n) is 7.33. The van der Waals surface area contributed by atoms with Crippen LogP contribution in [0.15, 0.2) is 48.5 Å². The van der Waals surface area contributed by atoms with E-state index in [1.807, 2.05) is 23.1 Å². The molecule has 1 amide bonds. The number of aliphatic hydroxyl groups excluding tert-OH is 1. The first kappa shape index (κ1) is 17.2. The average molecular weight is 355 g/mol. The molecule has 2 fully saturated rings. The summed E-state index contributed by atoms with van der Waals surface area (Å²) < 4.78 is 18.7. The van der Waals surface area contributed by atoms with E-state index in [1.165, 1.54) is 12.1 Å². The van der Waals surface area contributed by atoms with Crippen molar-refractivity contribution in [1.82, 2.24) is 4.90 Å². The minimum Gasteiger partial charge on any atom is -0.396 e. The van der Waals surface area contributed by atoms with E-state index in [2.05, 4.69) is 0 Å². The first-order valence-corrected chi connectivity index (χ1v) is 8.95. The summed E-state index contributed by atoms with van der Waals surface area (Å²) in [5, 5.41) is 9.89. The predicted molar refractivity (Wildman–Crippen MR) is 96.2 cm³/mol. The predicted octanol–water partition coefficient (Wildman–Crippen LogP) is 2.96. The van der Waals surface area contributed by atoms with Crippen molar-refractivity contribution >= 4 is 5.91 Å². The number of halogens is 1. The number of benzene rings is 2. The van der Waals surface area contributed by atoms with E-state index in [0.29, 0.717) is 31.9 Å². The van der Waals surface area contributed by atoms with Crippen molar-refractivity contribution in [2.24, 2.45) is 11.3 Å². The summed E-state index contributed by atoms with van der Waals surface area (Å²) in [6, 6.07) is 13.7. The Kier molecular flexibility index (Phi) is 4.51. The van der Waals surface area contributed by atoms with E-state index in [0.717, 1.165) is 17.5 Å². The molecule has 2 aliphatic rings. The van der Waals surface area contributed by atoms with Crippen LogP contribution in [-0.2, 0) is 4.74 Å². The third-order valence-electron chi connectivity index (χ3n) is 5.70. The van der Waals surface area contributed by atoms with Gasteiger partial charge in [-0.2, -0.15) is 0 Å². The van der Waals surface area contributed by atoms with Gasteiger partial charge in [-0.05, 0) is 47.7 Å². The molecule has 5 heteroatoms. The van der Waals surface area contributed by atoms with Crippen LogP contribution in [0.5, 0.6) is 0 Å². The summed E-state index contributed by atoms with van der Waals surface area (Å²) in [5.41, 5.74) is 2.03. The zero-order chi connectivity index (χ0) is 18.1. The van der Waals surface area contributed by atoms with E-state index < -0.39 is 0 Å². The molecule has 4 nitrogen and oxygen atoms in total. The zero-order valence-electron chi connectivity index (χ0n) is 14.5. The minimum atomic E-state index is -0.331. The Labute approximate surface area is 152 Å². The van der Waals surface area contributed by atoms with Crippen LogP contribution < -0.4 is 0 Å². The van der Waals surface area contributed by atoms with Gasteiger partial charge in [0.05, 0.1) is 13.2 Å². The molecular formula is C21H22FNO3. The summed E-state index contributed by atoms with van der Waals surface area (Å²) >= 11 is 0. The lowest BCUT2D eigenvalue weighted by atomic mass is 9.76. The zero-order valence-corrected chi connectivity index (χ0v) is 14.5. The number of likely N-dealkylation sites (tertiary alicyclic amines) is 1. The van der Waals surface area contributed by atoms with Crippen molar-refractivity contribution in [1.29, 1.82) is 0 Å². The molecule has 0 radical (unpaired) electrons. The summed E-state index contributed by atoms with van der Waals surface area (Å²) in [6.07, 6.45) is 0.875. The quantitative estimate of drug-likeness (QED) is 0.921. The van der Waals surface area contributed by atoms with Crippen molar-refractivity contribution in [3.63, 3.8) is 0 Å². The molecule has 0 spiro atoms. The highest BCUT2D eigenvalue weighted by atomic mass is 19.1. The first-order chi connectivity index (χ1) is 12.6. The highest BCUT2D eigenvalue weighted by Gasteiger charge is 2.49. The van der Waals surface area contributed by atoms with Gasteiger partial charge in [-0.1, -0.05) is 24.3 Å². The Balaban J connectivity index is 1.57. The summed E-state index contributed by atoms with van der Waals surface area (Å²) in [7, 11) is 0. The van der Waals surface area contributed by atoms with Crippen LogP contribution in [0.4, 0.5) is 4.39 Å².